The first-order chi connectivity index (χ1) is 13.0. The standard InChI is InChI=1S/C20H24N2O4S/c1-21(2)16-9-10-22(14-16)27(23,24)20-6-4-3-5-17(20)15-7-8-18-19(13-15)26-12-11-25-18/h3-8,13,16H,9-12,14H2,1-2H3. The average Bonchev–Trinajstić information content (AvgIpc) is 3.19. The fourth-order valence-electron chi connectivity index (χ4n) is 3.63. The Kier molecular flexibility index (Phi) is 4.84. The second-order valence-electron chi connectivity index (χ2n) is 7.12. The second-order valence-corrected chi connectivity index (χ2v) is 9.03. The maximum atomic E-state index is 13.3. The van der Waals surface area contributed by atoms with Crippen molar-refractivity contribution < 1.29 is 17.9 Å². The van der Waals surface area contributed by atoms with Crippen LogP contribution in [-0.2, 0) is 10.0 Å². The van der Waals surface area contributed by atoms with E-state index in [0.29, 0.717) is 48.3 Å². The summed E-state index contributed by atoms with van der Waals surface area (Å²) in [5.41, 5.74) is 1.49. The molecule has 144 valence electrons. The Balaban J connectivity index is 1.71. The summed E-state index contributed by atoms with van der Waals surface area (Å²) in [5, 5.41) is 0. The van der Waals surface area contributed by atoms with Gasteiger partial charge in [-0.2, -0.15) is 4.31 Å². The van der Waals surface area contributed by atoms with E-state index in [9.17, 15) is 8.42 Å². The molecule has 1 fully saturated rings. The molecule has 1 atom stereocenters. The van der Waals surface area contributed by atoms with Crippen molar-refractivity contribution in [2.24, 2.45) is 0 Å². The van der Waals surface area contributed by atoms with E-state index in [2.05, 4.69) is 4.90 Å². The normalized spacial score (nSPS) is 20.2. The molecular formula is C20H24N2O4S. The van der Waals surface area contributed by atoms with Crippen LogP contribution in [0.5, 0.6) is 11.5 Å². The van der Waals surface area contributed by atoms with Crippen LogP contribution in [0.25, 0.3) is 11.1 Å². The highest BCUT2D eigenvalue weighted by molar-refractivity contribution is 7.89. The molecule has 0 N–H and O–H groups in total. The number of benzene rings is 2. The molecule has 2 aliphatic rings. The van der Waals surface area contributed by atoms with Gasteiger partial charge in [-0.3, -0.25) is 0 Å². The second kappa shape index (κ2) is 7.14. The van der Waals surface area contributed by atoms with Crippen molar-refractivity contribution >= 4 is 10.0 Å². The first-order valence-corrected chi connectivity index (χ1v) is 10.6. The lowest BCUT2D eigenvalue weighted by Gasteiger charge is -2.22. The minimum Gasteiger partial charge on any atom is -0.486 e. The Morgan fingerprint density at radius 1 is 1.04 bits per heavy atom. The largest absolute Gasteiger partial charge is 0.486 e. The van der Waals surface area contributed by atoms with Gasteiger partial charge in [0.1, 0.15) is 13.2 Å². The van der Waals surface area contributed by atoms with Crippen molar-refractivity contribution in [2.45, 2.75) is 17.4 Å². The minimum absolute atomic E-state index is 0.251. The molecule has 1 saturated heterocycles. The van der Waals surface area contributed by atoms with Crippen molar-refractivity contribution in [1.82, 2.24) is 9.21 Å². The molecule has 0 saturated carbocycles. The van der Waals surface area contributed by atoms with E-state index in [1.807, 2.05) is 44.4 Å². The first kappa shape index (κ1) is 18.3. The van der Waals surface area contributed by atoms with E-state index in [-0.39, 0.29) is 6.04 Å². The SMILES string of the molecule is CN(C)C1CCN(S(=O)(=O)c2ccccc2-c2ccc3c(c2)OCCO3)C1. The third-order valence-corrected chi connectivity index (χ3v) is 7.14. The summed E-state index contributed by atoms with van der Waals surface area (Å²) in [6.45, 7) is 2.08. The van der Waals surface area contributed by atoms with E-state index >= 15 is 0 Å². The first-order valence-electron chi connectivity index (χ1n) is 9.12. The molecule has 0 aliphatic carbocycles. The van der Waals surface area contributed by atoms with E-state index in [1.54, 1.807) is 16.4 Å². The highest BCUT2D eigenvalue weighted by Crippen LogP contribution is 2.37. The van der Waals surface area contributed by atoms with Gasteiger partial charge in [0, 0.05) is 24.7 Å². The van der Waals surface area contributed by atoms with E-state index in [4.69, 9.17) is 9.47 Å². The molecule has 2 aliphatic heterocycles. The fraction of sp³-hybridized carbons (Fsp3) is 0.400. The topological polar surface area (TPSA) is 59.1 Å². The minimum atomic E-state index is -3.57. The summed E-state index contributed by atoms with van der Waals surface area (Å²) >= 11 is 0. The third kappa shape index (κ3) is 3.42. The number of fused-ring (bicyclic) bond motifs is 1. The molecule has 6 nitrogen and oxygen atoms in total. The summed E-state index contributed by atoms with van der Waals surface area (Å²) in [5.74, 6) is 1.35. The Hall–Kier alpha value is -2.09. The van der Waals surface area contributed by atoms with Crippen LogP contribution in [0, 0.1) is 0 Å². The monoisotopic (exact) mass is 388 g/mol. The van der Waals surface area contributed by atoms with Crippen LogP contribution in [0.15, 0.2) is 47.4 Å². The summed E-state index contributed by atoms with van der Waals surface area (Å²) in [4.78, 5) is 2.42. The average molecular weight is 388 g/mol. The van der Waals surface area contributed by atoms with Crippen molar-refractivity contribution in [3.63, 3.8) is 0 Å². The fourth-order valence-corrected chi connectivity index (χ4v) is 5.34. The van der Waals surface area contributed by atoms with E-state index in [0.717, 1.165) is 12.0 Å². The Bertz CT molecular complexity index is 943. The predicted octanol–water partition coefficient (Wildman–Crippen LogP) is 2.45. The van der Waals surface area contributed by atoms with Gasteiger partial charge in [-0.15, -0.1) is 0 Å². The Morgan fingerprint density at radius 2 is 1.78 bits per heavy atom. The van der Waals surface area contributed by atoms with Crippen LogP contribution in [0.4, 0.5) is 0 Å². The molecule has 1 unspecified atom stereocenters. The Morgan fingerprint density at radius 3 is 2.52 bits per heavy atom. The van der Waals surface area contributed by atoms with Gasteiger partial charge in [-0.1, -0.05) is 24.3 Å². The van der Waals surface area contributed by atoms with Crippen molar-refractivity contribution in [1.29, 1.82) is 0 Å². The Labute approximate surface area is 160 Å². The summed E-state index contributed by atoms with van der Waals surface area (Å²) < 4.78 is 39.5. The van der Waals surface area contributed by atoms with Gasteiger partial charge in [0.15, 0.2) is 11.5 Å². The lowest BCUT2D eigenvalue weighted by Crippen LogP contribution is -2.34. The lowest BCUT2D eigenvalue weighted by molar-refractivity contribution is 0.171. The van der Waals surface area contributed by atoms with Gasteiger partial charge < -0.3 is 14.4 Å². The number of nitrogens with zero attached hydrogens (tertiary/aromatic N) is 2. The number of hydrogen-bond donors (Lipinski definition) is 0. The van der Waals surface area contributed by atoms with E-state index < -0.39 is 10.0 Å². The number of ether oxygens (including phenoxy) is 2. The zero-order chi connectivity index (χ0) is 19.0. The molecule has 2 heterocycles. The summed E-state index contributed by atoms with van der Waals surface area (Å²) in [6.07, 6.45) is 0.846. The van der Waals surface area contributed by atoms with Gasteiger partial charge in [0.25, 0.3) is 0 Å². The van der Waals surface area contributed by atoms with Crippen molar-refractivity contribution in [3.05, 3.63) is 42.5 Å². The number of sulfonamides is 1. The zero-order valence-corrected chi connectivity index (χ0v) is 16.4. The molecule has 7 heteroatoms. The zero-order valence-electron chi connectivity index (χ0n) is 15.6. The van der Waals surface area contributed by atoms with Gasteiger partial charge >= 0.3 is 0 Å². The molecule has 2 aromatic carbocycles. The van der Waals surface area contributed by atoms with Crippen LogP contribution in [0.3, 0.4) is 0 Å². The molecule has 4 rings (SSSR count). The van der Waals surface area contributed by atoms with E-state index in [1.165, 1.54) is 0 Å². The number of hydrogen-bond acceptors (Lipinski definition) is 5. The van der Waals surface area contributed by atoms with Crippen LogP contribution in [-0.4, -0.2) is 64.1 Å². The maximum absolute atomic E-state index is 13.3. The molecule has 0 amide bonds. The van der Waals surface area contributed by atoms with Gasteiger partial charge in [0.2, 0.25) is 10.0 Å². The molecular weight excluding hydrogens is 364 g/mol. The highest BCUT2D eigenvalue weighted by Gasteiger charge is 2.34. The van der Waals surface area contributed by atoms with Gasteiger partial charge in [-0.05, 0) is 44.3 Å². The molecule has 0 bridgehead atoms. The molecule has 2 aromatic rings. The quantitative estimate of drug-likeness (QED) is 0.805. The van der Waals surface area contributed by atoms with Gasteiger partial charge in [0.05, 0.1) is 4.90 Å². The van der Waals surface area contributed by atoms with Gasteiger partial charge in [-0.25, -0.2) is 8.42 Å². The van der Waals surface area contributed by atoms with Crippen LogP contribution >= 0.6 is 0 Å². The maximum Gasteiger partial charge on any atom is 0.243 e. The summed E-state index contributed by atoms with van der Waals surface area (Å²) in [6, 6.07) is 13.0. The number of rotatable bonds is 4. The highest BCUT2D eigenvalue weighted by atomic mass is 32.2. The van der Waals surface area contributed by atoms with Crippen molar-refractivity contribution in [2.75, 3.05) is 40.4 Å². The van der Waals surface area contributed by atoms with Crippen LogP contribution in [0.2, 0.25) is 0 Å². The molecule has 0 spiro atoms. The molecule has 0 aromatic heterocycles. The molecule has 0 radical (unpaired) electrons. The third-order valence-electron chi connectivity index (χ3n) is 5.21. The van der Waals surface area contributed by atoms with Crippen LogP contribution < -0.4 is 9.47 Å². The smallest absolute Gasteiger partial charge is 0.243 e. The molecule has 27 heavy (non-hydrogen) atoms. The lowest BCUT2D eigenvalue weighted by atomic mass is 10.0. The number of likely N-dealkylation sites (N-methyl/N-ethyl adjacent to an activating group) is 1. The predicted molar refractivity (Wildman–Crippen MR) is 104 cm³/mol. The summed E-state index contributed by atoms with van der Waals surface area (Å²) in [7, 11) is 0.409. The van der Waals surface area contributed by atoms with Crippen LogP contribution in [0.1, 0.15) is 6.42 Å². The van der Waals surface area contributed by atoms with Crippen molar-refractivity contribution in [3.8, 4) is 22.6 Å².